The van der Waals surface area contributed by atoms with Gasteiger partial charge in [0.25, 0.3) is 0 Å². The second-order valence-corrected chi connectivity index (χ2v) is 25.9. The third kappa shape index (κ3) is 7.37. The molecule has 11 nitrogen and oxygen atoms in total. The van der Waals surface area contributed by atoms with E-state index in [4.69, 9.17) is 23.8 Å². The van der Waals surface area contributed by atoms with E-state index in [1.165, 1.54) is 0 Å². The topological polar surface area (TPSA) is 113 Å². The first kappa shape index (κ1) is 54.4. The minimum absolute atomic E-state index is 0.418. The average Bonchev–Trinajstić information content (AvgIpc) is 1.46. The molecule has 0 bridgehead atoms. The first-order valence-corrected chi connectivity index (χ1v) is 33.7. The van der Waals surface area contributed by atoms with Gasteiger partial charge in [0.2, 0.25) is 0 Å². The second-order valence-electron chi connectivity index (χ2n) is 25.9. The van der Waals surface area contributed by atoms with E-state index in [1.54, 1.807) is 0 Å². The summed E-state index contributed by atoms with van der Waals surface area (Å²) in [6, 6.07) is 97.6. The van der Waals surface area contributed by atoms with Gasteiger partial charge in [0.15, 0.2) is 0 Å². The predicted octanol–water partition coefficient (Wildman–Crippen LogP) is 22.9. The van der Waals surface area contributed by atoms with Gasteiger partial charge >= 0.3 is 0 Å². The van der Waals surface area contributed by atoms with Crippen molar-refractivity contribution >= 4 is 160 Å². The van der Waals surface area contributed by atoms with Crippen molar-refractivity contribution in [1.29, 1.82) is 5.26 Å². The maximum absolute atomic E-state index is 13.4. The van der Waals surface area contributed by atoms with E-state index >= 15 is 0 Å². The van der Waals surface area contributed by atoms with Gasteiger partial charge in [0.1, 0.15) is 34.0 Å². The number of nitrogens with zero attached hydrogens (tertiary/aromatic N) is 9. The van der Waals surface area contributed by atoms with Gasteiger partial charge in [0, 0.05) is 95.4 Å². The lowest BCUT2D eigenvalue weighted by Crippen LogP contribution is -2.19. The van der Waals surface area contributed by atoms with Crippen LogP contribution in [0.5, 0.6) is 0 Å². The number of aliphatic imine (C=N–C) groups is 1. The van der Waals surface area contributed by atoms with Crippen molar-refractivity contribution in [2.24, 2.45) is 4.99 Å². The molecular formula is C89H51N9O2. The van der Waals surface area contributed by atoms with Crippen LogP contribution < -0.4 is 0 Å². The second kappa shape index (κ2) is 20.6. The van der Waals surface area contributed by atoms with Crippen molar-refractivity contribution in [3.8, 4) is 56.8 Å². The molecule has 22 rings (SSSR count). The van der Waals surface area contributed by atoms with Crippen LogP contribution in [-0.2, 0) is 0 Å². The van der Waals surface area contributed by atoms with E-state index in [1.807, 2.05) is 55.0 Å². The molecule has 0 radical (unpaired) electrons. The van der Waals surface area contributed by atoms with Gasteiger partial charge in [-0.15, -0.1) is 0 Å². The Kier molecular flexibility index (Phi) is 11.2. The van der Waals surface area contributed by atoms with Gasteiger partial charge in [-0.3, -0.25) is 15.0 Å². The molecule has 0 aliphatic carbocycles. The summed E-state index contributed by atoms with van der Waals surface area (Å²) >= 11 is 0. The molecule has 21 aromatic rings. The molecule has 0 saturated heterocycles. The molecular weight excluding hydrogens is 1230 g/mol. The third-order valence-electron chi connectivity index (χ3n) is 20.9. The van der Waals surface area contributed by atoms with E-state index in [9.17, 15) is 5.26 Å². The highest BCUT2D eigenvalue weighted by Gasteiger charge is 2.37. The van der Waals surface area contributed by atoms with Crippen LogP contribution in [0, 0.1) is 11.3 Å². The molecule has 0 saturated carbocycles. The summed E-state index contributed by atoms with van der Waals surface area (Å²) < 4.78 is 25.6. The quantitative estimate of drug-likeness (QED) is 0.158. The van der Waals surface area contributed by atoms with Gasteiger partial charge in [-0.05, 0) is 108 Å². The Balaban J connectivity index is 0.998. The summed E-state index contributed by atoms with van der Waals surface area (Å²) in [5, 5.41) is 24.6. The highest BCUT2D eigenvalue weighted by molar-refractivity contribution is 6.19. The van der Waals surface area contributed by atoms with Crippen molar-refractivity contribution in [3.05, 3.63) is 297 Å². The van der Waals surface area contributed by atoms with Crippen molar-refractivity contribution < 1.29 is 8.83 Å². The summed E-state index contributed by atoms with van der Waals surface area (Å²) in [5.74, 6) is 0. The molecule has 100 heavy (non-hydrogen) atoms. The number of nitriles is 1. The van der Waals surface area contributed by atoms with Crippen molar-refractivity contribution in [2.75, 3.05) is 0 Å². The summed E-state index contributed by atoms with van der Waals surface area (Å²) in [5.41, 5.74) is 22.8. The van der Waals surface area contributed by atoms with E-state index in [2.05, 4.69) is 272 Å². The zero-order valence-corrected chi connectivity index (χ0v) is 53.3. The van der Waals surface area contributed by atoms with Gasteiger partial charge in [-0.2, -0.15) is 5.26 Å². The highest BCUT2D eigenvalue weighted by Crippen LogP contribution is 2.53. The van der Waals surface area contributed by atoms with E-state index in [0.29, 0.717) is 23.4 Å². The van der Waals surface area contributed by atoms with E-state index < -0.39 is 0 Å². The summed E-state index contributed by atoms with van der Waals surface area (Å²) in [4.78, 5) is 15.9. The van der Waals surface area contributed by atoms with Gasteiger partial charge in [-0.25, -0.2) is 0 Å². The average molecular weight is 1280 g/mol. The first-order valence-electron chi connectivity index (χ1n) is 33.7. The van der Waals surface area contributed by atoms with Gasteiger partial charge in [0.05, 0.1) is 101 Å². The number of hydrogen-bond donors (Lipinski definition) is 0. The number of aromatic nitrogens is 7. The highest BCUT2D eigenvalue weighted by atomic mass is 16.3. The number of fused-ring (bicyclic) bond motifs is 21. The molecule has 0 spiro atoms. The minimum atomic E-state index is 0.418. The molecule has 1 aliphatic heterocycles. The van der Waals surface area contributed by atoms with Crippen LogP contribution in [0.4, 0.5) is 5.69 Å². The van der Waals surface area contributed by atoms with Crippen LogP contribution in [0.3, 0.4) is 0 Å². The molecule has 0 amide bonds. The predicted molar refractivity (Wildman–Crippen MR) is 408 cm³/mol. The fourth-order valence-electron chi connectivity index (χ4n) is 16.8. The normalized spacial score (nSPS) is 12.7. The monoisotopic (exact) mass is 1280 g/mol. The fourth-order valence-corrected chi connectivity index (χ4v) is 16.8. The standard InChI is InChI=1S/C89H51N9O2/c90-51-67-83(96-70-34-10-3-25-62(70)81-76(96)38-19-47-92-81)85(94-68-32-8-1-21-56(68)65-49-52(42-44-73(65)94)54-28-17-30-60-58-23-6-13-40-78(58)99-88(54)60)87(98-72-36-12-5-27-64(72)80-75(98)37-15-16-46-91-80)86(84(67)97-71-35-11-4-26-63(71)82-77(97)39-20-48-93-82)95-69-33-9-2-22-57(69)66-50-53(43-45-74(66)95)55-29-18-31-61-59-24-7-14-41-79(59)100-89(55)61/h1-15,17-50H,16H2. The van der Waals surface area contributed by atoms with Crippen LogP contribution >= 0.6 is 0 Å². The summed E-state index contributed by atoms with van der Waals surface area (Å²) in [6.45, 7) is 0. The fraction of sp³-hybridized carbons (Fsp3) is 0.0112. The molecule has 0 fully saturated rings. The Morgan fingerprint density at radius 2 is 0.720 bits per heavy atom. The van der Waals surface area contributed by atoms with Gasteiger partial charge < -0.3 is 31.7 Å². The van der Waals surface area contributed by atoms with Crippen LogP contribution in [0.2, 0.25) is 0 Å². The Morgan fingerprint density at radius 3 is 1.22 bits per heavy atom. The van der Waals surface area contributed by atoms with Gasteiger partial charge in [-0.1, -0.05) is 182 Å². The number of pyridine rings is 2. The number of benzene rings is 12. The Hall–Kier alpha value is -13.8. The molecule has 12 aromatic carbocycles. The zero-order chi connectivity index (χ0) is 65.4. The minimum Gasteiger partial charge on any atom is -0.455 e. The molecule has 0 unspecified atom stereocenters. The largest absolute Gasteiger partial charge is 0.455 e. The molecule has 11 heteroatoms. The molecule has 0 N–H and O–H groups in total. The van der Waals surface area contributed by atoms with Crippen LogP contribution in [0.1, 0.15) is 17.7 Å². The Labute approximate surface area is 568 Å². The number of rotatable bonds is 7. The van der Waals surface area contributed by atoms with Crippen LogP contribution in [0.25, 0.3) is 199 Å². The maximum atomic E-state index is 13.4. The molecule has 464 valence electrons. The van der Waals surface area contributed by atoms with E-state index in [0.717, 1.165) is 193 Å². The number of furan rings is 2. The number of allylic oxidation sites excluding steroid dienone is 1. The number of para-hydroxylation sites is 9. The lowest BCUT2D eigenvalue weighted by Gasteiger charge is -2.30. The first-order chi connectivity index (χ1) is 49.6. The maximum Gasteiger partial charge on any atom is 0.143 e. The Morgan fingerprint density at radius 1 is 0.330 bits per heavy atom. The van der Waals surface area contributed by atoms with E-state index in [-0.39, 0.29) is 0 Å². The van der Waals surface area contributed by atoms with Crippen LogP contribution in [-0.4, -0.2) is 39.0 Å². The summed E-state index contributed by atoms with van der Waals surface area (Å²) in [6.07, 6.45) is 10.8. The summed E-state index contributed by atoms with van der Waals surface area (Å²) in [7, 11) is 0. The molecule has 9 aromatic heterocycles. The molecule has 0 atom stereocenters. The molecule has 10 heterocycles. The number of hydrogen-bond acceptors (Lipinski definition) is 6. The molecule has 1 aliphatic rings. The smallest absolute Gasteiger partial charge is 0.143 e. The Bertz CT molecular complexity index is 6810. The lowest BCUT2D eigenvalue weighted by molar-refractivity contribution is 0.669. The SMILES string of the molecule is N#Cc1c(-n2c3ccccc3c3ncccc32)c(-n2c3ccccc3c3cc(-c4cccc5c4oc4ccccc45)ccc32)c(-n2c3c(c4ccccc42)N=CCC=C3)c(-n2c3ccccc3c3cc(-c4cccc5c4oc4ccccc45)ccc32)c1-n1c2ccccc2c2ncccc21. The van der Waals surface area contributed by atoms with Crippen molar-refractivity contribution in [3.63, 3.8) is 0 Å². The third-order valence-corrected chi connectivity index (χ3v) is 20.9. The lowest BCUT2D eigenvalue weighted by atomic mass is 9.99. The zero-order valence-electron chi connectivity index (χ0n) is 53.3. The van der Waals surface area contributed by atoms with Crippen molar-refractivity contribution in [2.45, 2.75) is 6.42 Å². The van der Waals surface area contributed by atoms with Crippen LogP contribution in [0.15, 0.2) is 299 Å². The van der Waals surface area contributed by atoms with Crippen molar-refractivity contribution in [1.82, 2.24) is 32.8 Å².